The van der Waals surface area contributed by atoms with Crippen LogP contribution in [0.2, 0.25) is 0 Å². The van der Waals surface area contributed by atoms with Gasteiger partial charge in [0.25, 0.3) is 0 Å². The molecule has 0 spiro atoms. The Morgan fingerprint density at radius 3 is 2.32 bits per heavy atom. The minimum Gasteiger partial charge on any atom is -0.384 e. The van der Waals surface area contributed by atoms with Crippen LogP contribution in [0.3, 0.4) is 0 Å². The third-order valence-electron chi connectivity index (χ3n) is 4.79. The van der Waals surface area contributed by atoms with Crippen molar-refractivity contribution in [2.45, 2.75) is 19.3 Å². The number of benzene rings is 2. The van der Waals surface area contributed by atoms with Crippen molar-refractivity contribution in [3.63, 3.8) is 0 Å². The van der Waals surface area contributed by atoms with Gasteiger partial charge in [-0.1, -0.05) is 24.3 Å². The average Bonchev–Trinajstić information content (AvgIpc) is 2.69. The van der Waals surface area contributed by atoms with Gasteiger partial charge in [0.1, 0.15) is 11.6 Å². The van der Waals surface area contributed by atoms with Crippen molar-refractivity contribution in [3.8, 4) is 11.1 Å². The molecule has 3 rings (SSSR count). The lowest BCUT2D eigenvalue weighted by Gasteiger charge is -2.17. The van der Waals surface area contributed by atoms with E-state index in [2.05, 4.69) is 10.3 Å². The minimum atomic E-state index is -0.566. The third-order valence-corrected chi connectivity index (χ3v) is 4.79. The van der Waals surface area contributed by atoms with Gasteiger partial charge in [-0.3, -0.25) is 4.98 Å². The molecular weight excluding hydrogens is 356 g/mol. The maximum absolute atomic E-state index is 13.4. The number of hydrogen-bond donors (Lipinski definition) is 2. The summed E-state index contributed by atoms with van der Waals surface area (Å²) >= 11 is 0. The highest BCUT2D eigenvalue weighted by atomic mass is 19.1. The van der Waals surface area contributed by atoms with Crippen molar-refractivity contribution < 1.29 is 8.78 Å². The number of anilines is 1. The first kappa shape index (κ1) is 20.0. The number of nitrogens with one attached hydrogen (secondary N) is 1. The lowest BCUT2D eigenvalue weighted by molar-refractivity contribution is 0.466. The largest absolute Gasteiger partial charge is 0.384 e. The highest BCUT2D eigenvalue weighted by Crippen LogP contribution is 2.24. The molecule has 0 aliphatic rings. The van der Waals surface area contributed by atoms with Crippen LogP contribution >= 0.6 is 0 Å². The fraction of sp³-hybridized carbons (Fsp3) is 0.261. The highest BCUT2D eigenvalue weighted by molar-refractivity contribution is 5.63. The number of halogens is 2. The first-order valence-corrected chi connectivity index (χ1v) is 9.53. The monoisotopic (exact) mass is 381 g/mol. The van der Waals surface area contributed by atoms with Crippen LogP contribution in [0.1, 0.15) is 18.4 Å². The van der Waals surface area contributed by atoms with Gasteiger partial charge in [0, 0.05) is 25.0 Å². The summed E-state index contributed by atoms with van der Waals surface area (Å²) in [4.78, 5) is 4.10. The Balaban J connectivity index is 1.59. The second kappa shape index (κ2) is 9.95. The molecule has 2 aromatic carbocycles. The first-order valence-electron chi connectivity index (χ1n) is 9.53. The number of hydrogen-bond acceptors (Lipinski definition) is 3. The number of pyridine rings is 1. The molecule has 1 heterocycles. The topological polar surface area (TPSA) is 50.9 Å². The van der Waals surface area contributed by atoms with Crippen LogP contribution in [0, 0.1) is 17.6 Å². The van der Waals surface area contributed by atoms with Crippen LogP contribution in [-0.2, 0) is 6.42 Å². The van der Waals surface area contributed by atoms with E-state index in [1.165, 1.54) is 17.7 Å². The van der Waals surface area contributed by atoms with Crippen molar-refractivity contribution in [3.05, 3.63) is 84.2 Å². The van der Waals surface area contributed by atoms with Crippen molar-refractivity contribution in [1.29, 1.82) is 0 Å². The Labute approximate surface area is 164 Å². The summed E-state index contributed by atoms with van der Waals surface area (Å²) in [5, 5.41) is 3.39. The van der Waals surface area contributed by atoms with Crippen molar-refractivity contribution in [2.75, 3.05) is 18.4 Å². The molecule has 5 heteroatoms. The molecule has 1 aromatic heterocycles. The third kappa shape index (κ3) is 5.86. The van der Waals surface area contributed by atoms with E-state index in [4.69, 9.17) is 5.73 Å². The van der Waals surface area contributed by atoms with E-state index in [-0.39, 0.29) is 0 Å². The van der Waals surface area contributed by atoms with E-state index in [0.29, 0.717) is 18.0 Å². The summed E-state index contributed by atoms with van der Waals surface area (Å²) in [6.07, 6.45) is 6.44. The van der Waals surface area contributed by atoms with Crippen molar-refractivity contribution in [1.82, 2.24) is 4.98 Å². The van der Waals surface area contributed by atoms with Gasteiger partial charge >= 0.3 is 0 Å². The Morgan fingerprint density at radius 1 is 0.929 bits per heavy atom. The molecule has 0 saturated heterocycles. The van der Waals surface area contributed by atoms with Crippen molar-refractivity contribution >= 4 is 5.69 Å². The molecule has 0 radical (unpaired) electrons. The minimum absolute atomic E-state index is 0.464. The molecule has 28 heavy (non-hydrogen) atoms. The molecule has 3 N–H and O–H groups in total. The van der Waals surface area contributed by atoms with Crippen LogP contribution in [0.4, 0.5) is 14.5 Å². The fourth-order valence-corrected chi connectivity index (χ4v) is 3.36. The van der Waals surface area contributed by atoms with Gasteiger partial charge in [0.2, 0.25) is 0 Å². The van der Waals surface area contributed by atoms with Gasteiger partial charge in [-0.15, -0.1) is 0 Å². The van der Waals surface area contributed by atoms with E-state index in [9.17, 15) is 8.78 Å². The summed E-state index contributed by atoms with van der Waals surface area (Å²) in [5.41, 5.74) is 9.35. The van der Waals surface area contributed by atoms with Gasteiger partial charge in [-0.25, -0.2) is 8.78 Å². The first-order chi connectivity index (χ1) is 13.6. The standard InChI is InChI=1S/C23H25F2N3/c24-21-13-20(14-22(25)15-21)19-5-3-17(4-6-19)12-18(7-9-26)8-11-28-23-2-1-10-27-16-23/h1-6,10,13-16,18,28H,7-9,11-12,26H2. The van der Waals surface area contributed by atoms with E-state index >= 15 is 0 Å². The predicted octanol–water partition coefficient (Wildman–Crippen LogP) is 5.04. The average molecular weight is 381 g/mol. The maximum Gasteiger partial charge on any atom is 0.126 e. The second-order valence-electron chi connectivity index (χ2n) is 6.96. The lowest BCUT2D eigenvalue weighted by Crippen LogP contribution is -2.15. The smallest absolute Gasteiger partial charge is 0.126 e. The zero-order chi connectivity index (χ0) is 19.8. The van der Waals surface area contributed by atoms with Crippen LogP contribution in [0.5, 0.6) is 0 Å². The quantitative estimate of drug-likeness (QED) is 0.546. The molecule has 1 atom stereocenters. The van der Waals surface area contributed by atoms with Gasteiger partial charge in [-0.05, 0) is 72.7 Å². The molecule has 3 aromatic rings. The number of rotatable bonds is 9. The molecule has 0 aliphatic heterocycles. The zero-order valence-electron chi connectivity index (χ0n) is 15.7. The molecular formula is C23H25F2N3. The van der Waals surface area contributed by atoms with E-state index in [1.54, 1.807) is 6.20 Å². The zero-order valence-corrected chi connectivity index (χ0v) is 15.7. The van der Waals surface area contributed by atoms with Gasteiger partial charge in [0.15, 0.2) is 0 Å². The normalized spacial score (nSPS) is 12.0. The Bertz CT molecular complexity index is 847. The molecule has 0 aliphatic carbocycles. The Morgan fingerprint density at radius 2 is 1.68 bits per heavy atom. The molecule has 0 fully saturated rings. The molecule has 146 valence electrons. The number of nitrogens with two attached hydrogens (primary N) is 1. The SMILES string of the molecule is NCCC(CCNc1cccnc1)Cc1ccc(-c2cc(F)cc(F)c2)cc1. The fourth-order valence-electron chi connectivity index (χ4n) is 3.36. The molecule has 0 saturated carbocycles. The Kier molecular flexibility index (Phi) is 7.09. The second-order valence-corrected chi connectivity index (χ2v) is 6.96. The van der Waals surface area contributed by atoms with Crippen molar-refractivity contribution in [2.24, 2.45) is 11.7 Å². The predicted molar refractivity (Wildman–Crippen MR) is 110 cm³/mol. The van der Waals surface area contributed by atoms with Gasteiger partial charge in [-0.2, -0.15) is 0 Å². The van der Waals surface area contributed by atoms with Gasteiger partial charge < -0.3 is 11.1 Å². The lowest BCUT2D eigenvalue weighted by atomic mass is 9.92. The summed E-state index contributed by atoms with van der Waals surface area (Å²) in [7, 11) is 0. The van der Waals surface area contributed by atoms with Crippen LogP contribution < -0.4 is 11.1 Å². The highest BCUT2D eigenvalue weighted by Gasteiger charge is 2.10. The van der Waals surface area contributed by atoms with E-state index in [1.807, 2.05) is 42.6 Å². The summed E-state index contributed by atoms with van der Waals surface area (Å²) in [6, 6.07) is 15.4. The molecule has 0 amide bonds. The van der Waals surface area contributed by atoms with Crippen LogP contribution in [-0.4, -0.2) is 18.1 Å². The summed E-state index contributed by atoms with van der Waals surface area (Å²) in [6.45, 7) is 1.51. The Hall–Kier alpha value is -2.79. The molecule has 3 nitrogen and oxygen atoms in total. The van der Waals surface area contributed by atoms with E-state index < -0.39 is 11.6 Å². The maximum atomic E-state index is 13.4. The van der Waals surface area contributed by atoms with Crippen LogP contribution in [0.15, 0.2) is 67.0 Å². The number of aromatic nitrogens is 1. The molecule has 0 bridgehead atoms. The number of nitrogens with zero attached hydrogens (tertiary/aromatic N) is 1. The summed E-state index contributed by atoms with van der Waals surface area (Å²) in [5.74, 6) is -0.668. The van der Waals surface area contributed by atoms with E-state index in [0.717, 1.165) is 43.1 Å². The molecule has 1 unspecified atom stereocenters. The summed E-state index contributed by atoms with van der Waals surface area (Å²) < 4.78 is 26.9. The van der Waals surface area contributed by atoms with Crippen LogP contribution in [0.25, 0.3) is 11.1 Å². The van der Waals surface area contributed by atoms with Gasteiger partial charge in [0.05, 0.1) is 5.69 Å².